The maximum absolute atomic E-state index is 13.0. The Labute approximate surface area is 215 Å². The molecule has 0 bridgehead atoms. The van der Waals surface area contributed by atoms with Crippen LogP contribution in [0.5, 0.6) is 5.75 Å². The van der Waals surface area contributed by atoms with Crippen molar-refractivity contribution < 1.29 is 14.3 Å². The molecule has 4 rings (SSSR count). The Morgan fingerprint density at radius 2 is 1.67 bits per heavy atom. The zero-order chi connectivity index (χ0) is 26.0. The summed E-state index contributed by atoms with van der Waals surface area (Å²) in [5, 5.41) is 4.51. The molecule has 182 valence electrons. The van der Waals surface area contributed by atoms with Gasteiger partial charge in [0.15, 0.2) is 0 Å². The number of hydrogen-bond donors (Lipinski definition) is 1. The molecule has 1 amide bonds. The summed E-state index contributed by atoms with van der Waals surface area (Å²) >= 11 is 6.58. The van der Waals surface area contributed by atoms with Crippen molar-refractivity contribution in [2.24, 2.45) is 0 Å². The molecule has 0 saturated heterocycles. The molecule has 1 aromatic heterocycles. The van der Waals surface area contributed by atoms with Crippen LogP contribution in [0, 0.1) is 27.7 Å². The minimum absolute atomic E-state index is 0.298. The Morgan fingerprint density at radius 1 is 0.972 bits per heavy atom. The number of rotatable bonds is 5. The standard InChI is InChI=1S/C30H27ClN2O3/c1-17-12-18(2)29-24(13-17)28(23-8-6-7-9-25(23)31)26(16-32-29)33-27(35)11-10-22-14-19(3)30(20(4)15-22)36-21(5)34/h6-16H,1-5H3,(H,33,35). The number of nitrogens with zero attached hydrogens (tertiary/aromatic N) is 1. The van der Waals surface area contributed by atoms with Gasteiger partial charge in [-0.05, 0) is 80.3 Å². The van der Waals surface area contributed by atoms with Crippen LogP contribution < -0.4 is 10.1 Å². The zero-order valence-electron chi connectivity index (χ0n) is 20.9. The fraction of sp³-hybridized carbons (Fsp3) is 0.167. The van der Waals surface area contributed by atoms with E-state index in [0.717, 1.165) is 49.8 Å². The molecule has 0 saturated carbocycles. The lowest BCUT2D eigenvalue weighted by Crippen LogP contribution is -2.10. The van der Waals surface area contributed by atoms with Gasteiger partial charge in [-0.25, -0.2) is 0 Å². The van der Waals surface area contributed by atoms with Gasteiger partial charge in [-0.2, -0.15) is 0 Å². The molecule has 0 radical (unpaired) electrons. The Bertz CT molecular complexity index is 1520. The maximum Gasteiger partial charge on any atom is 0.308 e. The molecule has 0 aliphatic carbocycles. The summed E-state index contributed by atoms with van der Waals surface area (Å²) in [5.74, 6) is -0.123. The van der Waals surface area contributed by atoms with Crippen molar-refractivity contribution in [2.75, 3.05) is 5.32 Å². The molecule has 5 nitrogen and oxygen atoms in total. The molecule has 0 aliphatic rings. The number of esters is 1. The Balaban J connectivity index is 1.71. The second kappa shape index (κ2) is 10.3. The van der Waals surface area contributed by atoms with Crippen molar-refractivity contribution in [1.82, 2.24) is 4.98 Å². The normalized spacial score (nSPS) is 11.2. The highest BCUT2D eigenvalue weighted by molar-refractivity contribution is 6.34. The first-order chi connectivity index (χ1) is 17.1. The molecule has 3 aromatic carbocycles. The van der Waals surface area contributed by atoms with Gasteiger partial charge in [0.1, 0.15) is 5.75 Å². The molecule has 0 fully saturated rings. The quantitative estimate of drug-likeness (QED) is 0.177. The first kappa shape index (κ1) is 25.1. The number of nitrogens with one attached hydrogen (secondary N) is 1. The van der Waals surface area contributed by atoms with Gasteiger partial charge < -0.3 is 10.1 Å². The van der Waals surface area contributed by atoms with Crippen LogP contribution in [0.1, 0.15) is 34.7 Å². The van der Waals surface area contributed by atoms with E-state index in [-0.39, 0.29) is 11.9 Å². The van der Waals surface area contributed by atoms with E-state index >= 15 is 0 Å². The first-order valence-corrected chi connectivity index (χ1v) is 12.0. The van der Waals surface area contributed by atoms with Crippen LogP contribution in [0.3, 0.4) is 0 Å². The average molecular weight is 499 g/mol. The van der Waals surface area contributed by atoms with Gasteiger partial charge in [0, 0.05) is 34.5 Å². The van der Waals surface area contributed by atoms with Gasteiger partial charge >= 0.3 is 5.97 Å². The number of fused-ring (bicyclic) bond motifs is 1. The number of pyridine rings is 1. The molecule has 1 N–H and O–H groups in total. The van der Waals surface area contributed by atoms with E-state index in [0.29, 0.717) is 16.5 Å². The van der Waals surface area contributed by atoms with Gasteiger partial charge in [0.25, 0.3) is 0 Å². The summed E-state index contributed by atoms with van der Waals surface area (Å²) in [6, 6.07) is 15.5. The smallest absolute Gasteiger partial charge is 0.308 e. The Hall–Kier alpha value is -3.96. The number of ether oxygens (including phenoxy) is 1. The fourth-order valence-electron chi connectivity index (χ4n) is 4.44. The monoisotopic (exact) mass is 498 g/mol. The van der Waals surface area contributed by atoms with Crippen molar-refractivity contribution in [3.05, 3.63) is 93.6 Å². The minimum atomic E-state index is -0.368. The van der Waals surface area contributed by atoms with E-state index < -0.39 is 0 Å². The van der Waals surface area contributed by atoms with Gasteiger partial charge in [-0.15, -0.1) is 0 Å². The number of aryl methyl sites for hydroxylation is 4. The highest BCUT2D eigenvalue weighted by atomic mass is 35.5. The Kier molecular flexibility index (Phi) is 7.22. The van der Waals surface area contributed by atoms with E-state index in [2.05, 4.69) is 22.4 Å². The first-order valence-electron chi connectivity index (χ1n) is 11.6. The van der Waals surface area contributed by atoms with Crippen LogP contribution in [0.15, 0.2) is 60.8 Å². The average Bonchev–Trinajstić information content (AvgIpc) is 2.80. The SMILES string of the molecule is CC(=O)Oc1c(C)cc(C=CC(=O)Nc2cnc3c(C)cc(C)cc3c2-c2ccccc2Cl)cc1C. The number of aromatic nitrogens is 1. The number of halogens is 1. The van der Waals surface area contributed by atoms with Crippen LogP contribution in [-0.4, -0.2) is 16.9 Å². The summed E-state index contributed by atoms with van der Waals surface area (Å²) in [5.41, 5.74) is 7.70. The highest BCUT2D eigenvalue weighted by Crippen LogP contribution is 2.39. The van der Waals surface area contributed by atoms with Crippen molar-refractivity contribution >= 4 is 46.1 Å². The molecule has 0 atom stereocenters. The third-order valence-electron chi connectivity index (χ3n) is 5.86. The number of carbonyl (C=O) groups is 2. The summed E-state index contributed by atoms with van der Waals surface area (Å²) in [7, 11) is 0. The van der Waals surface area contributed by atoms with Crippen LogP contribution in [-0.2, 0) is 9.59 Å². The van der Waals surface area contributed by atoms with Crippen LogP contribution >= 0.6 is 11.6 Å². The minimum Gasteiger partial charge on any atom is -0.426 e. The molecule has 0 aliphatic heterocycles. The molecular weight excluding hydrogens is 472 g/mol. The summed E-state index contributed by atoms with van der Waals surface area (Å²) < 4.78 is 5.29. The lowest BCUT2D eigenvalue weighted by Gasteiger charge is -2.16. The van der Waals surface area contributed by atoms with Gasteiger partial charge in [0.05, 0.1) is 17.4 Å². The number of benzene rings is 3. The highest BCUT2D eigenvalue weighted by Gasteiger charge is 2.16. The topological polar surface area (TPSA) is 68.3 Å². The zero-order valence-corrected chi connectivity index (χ0v) is 21.7. The van der Waals surface area contributed by atoms with Crippen molar-refractivity contribution in [1.29, 1.82) is 0 Å². The summed E-state index contributed by atoms with van der Waals surface area (Å²) in [6.07, 6.45) is 4.88. The van der Waals surface area contributed by atoms with Gasteiger partial charge in [-0.3, -0.25) is 14.6 Å². The molecular formula is C30H27ClN2O3. The Morgan fingerprint density at radius 3 is 2.33 bits per heavy atom. The molecule has 6 heteroatoms. The third kappa shape index (κ3) is 5.31. The molecule has 1 heterocycles. The fourth-order valence-corrected chi connectivity index (χ4v) is 4.67. The van der Waals surface area contributed by atoms with Gasteiger partial charge in [0.2, 0.25) is 5.91 Å². The largest absolute Gasteiger partial charge is 0.426 e. The van der Waals surface area contributed by atoms with E-state index in [1.165, 1.54) is 13.0 Å². The van der Waals surface area contributed by atoms with Gasteiger partial charge in [-0.1, -0.05) is 41.4 Å². The second-order valence-electron chi connectivity index (χ2n) is 8.90. The van der Waals surface area contributed by atoms with Crippen LogP contribution in [0.25, 0.3) is 28.1 Å². The molecule has 4 aromatic rings. The van der Waals surface area contributed by atoms with Crippen LogP contribution in [0.4, 0.5) is 5.69 Å². The van der Waals surface area contributed by atoms with E-state index in [4.69, 9.17) is 16.3 Å². The van der Waals surface area contributed by atoms with Crippen molar-refractivity contribution in [2.45, 2.75) is 34.6 Å². The molecule has 36 heavy (non-hydrogen) atoms. The van der Waals surface area contributed by atoms with Crippen molar-refractivity contribution in [3.8, 4) is 16.9 Å². The molecule has 0 spiro atoms. The number of carbonyl (C=O) groups excluding carboxylic acids is 2. The second-order valence-corrected chi connectivity index (χ2v) is 9.31. The predicted octanol–water partition coefficient (Wildman–Crippen LogP) is 7.37. The summed E-state index contributed by atoms with van der Waals surface area (Å²) in [6.45, 7) is 9.16. The van der Waals surface area contributed by atoms with E-state index in [1.807, 2.05) is 64.1 Å². The molecule has 0 unspecified atom stereocenters. The van der Waals surface area contributed by atoms with E-state index in [1.54, 1.807) is 12.3 Å². The number of hydrogen-bond acceptors (Lipinski definition) is 4. The summed E-state index contributed by atoms with van der Waals surface area (Å²) in [4.78, 5) is 29.0. The van der Waals surface area contributed by atoms with Crippen LogP contribution in [0.2, 0.25) is 5.02 Å². The predicted molar refractivity (Wildman–Crippen MR) is 147 cm³/mol. The lowest BCUT2D eigenvalue weighted by molar-refractivity contribution is -0.132. The van der Waals surface area contributed by atoms with E-state index in [9.17, 15) is 9.59 Å². The maximum atomic E-state index is 13.0. The lowest BCUT2D eigenvalue weighted by atomic mass is 9.96. The number of amides is 1. The van der Waals surface area contributed by atoms with Crippen molar-refractivity contribution in [3.63, 3.8) is 0 Å². The third-order valence-corrected chi connectivity index (χ3v) is 6.19. The number of anilines is 1.